The standard InChI is InChI=1S/C19H17FN4O/c1-19(2,3)16-10-15(25-24-16)18-22-14-9-8-13(21-17(14)23-18)11-6-4-5-7-12(11)20/h4-10H,1-3H3,(H,21,22,23). The van der Waals surface area contributed by atoms with Crippen molar-refractivity contribution in [2.45, 2.75) is 26.2 Å². The van der Waals surface area contributed by atoms with Crippen molar-refractivity contribution in [1.82, 2.24) is 20.1 Å². The van der Waals surface area contributed by atoms with Crippen LogP contribution in [-0.4, -0.2) is 20.1 Å². The highest BCUT2D eigenvalue weighted by atomic mass is 19.1. The third kappa shape index (κ3) is 2.80. The highest BCUT2D eigenvalue weighted by Gasteiger charge is 2.21. The Labute approximate surface area is 143 Å². The molecule has 0 saturated heterocycles. The van der Waals surface area contributed by atoms with Gasteiger partial charge in [-0.05, 0) is 24.3 Å². The van der Waals surface area contributed by atoms with E-state index in [9.17, 15) is 4.39 Å². The van der Waals surface area contributed by atoms with Gasteiger partial charge in [-0.25, -0.2) is 14.4 Å². The van der Waals surface area contributed by atoms with Crippen molar-refractivity contribution in [3.63, 3.8) is 0 Å². The van der Waals surface area contributed by atoms with Gasteiger partial charge in [0.05, 0.1) is 16.9 Å². The normalized spacial score (nSPS) is 12.0. The van der Waals surface area contributed by atoms with Crippen molar-refractivity contribution < 1.29 is 8.91 Å². The summed E-state index contributed by atoms with van der Waals surface area (Å²) in [6, 6.07) is 12.0. The van der Waals surface area contributed by atoms with Gasteiger partial charge >= 0.3 is 0 Å². The maximum atomic E-state index is 14.0. The summed E-state index contributed by atoms with van der Waals surface area (Å²) in [5.41, 5.74) is 2.99. The molecular weight excluding hydrogens is 319 g/mol. The molecule has 25 heavy (non-hydrogen) atoms. The SMILES string of the molecule is CC(C)(C)c1cc(-c2nc3nc(-c4ccccc4F)ccc3[nH]2)on1. The molecule has 0 spiro atoms. The lowest BCUT2D eigenvalue weighted by atomic mass is 9.92. The Morgan fingerprint density at radius 1 is 1.04 bits per heavy atom. The van der Waals surface area contributed by atoms with E-state index >= 15 is 0 Å². The van der Waals surface area contributed by atoms with Crippen LogP contribution in [0.1, 0.15) is 26.5 Å². The van der Waals surface area contributed by atoms with Gasteiger partial charge in [-0.15, -0.1) is 0 Å². The monoisotopic (exact) mass is 336 g/mol. The molecule has 4 rings (SSSR count). The third-order valence-electron chi connectivity index (χ3n) is 4.01. The van der Waals surface area contributed by atoms with Crippen LogP contribution >= 0.6 is 0 Å². The Morgan fingerprint density at radius 3 is 2.56 bits per heavy atom. The second kappa shape index (κ2) is 5.51. The number of hydrogen-bond acceptors (Lipinski definition) is 4. The van der Waals surface area contributed by atoms with Crippen LogP contribution in [-0.2, 0) is 5.41 Å². The van der Waals surface area contributed by atoms with Crippen molar-refractivity contribution in [2.24, 2.45) is 0 Å². The Bertz CT molecular complexity index is 1060. The number of aromatic amines is 1. The number of H-pyrrole nitrogens is 1. The lowest BCUT2D eigenvalue weighted by molar-refractivity contribution is 0.401. The molecule has 0 amide bonds. The maximum absolute atomic E-state index is 14.0. The number of fused-ring (bicyclic) bond motifs is 1. The minimum atomic E-state index is -0.310. The highest BCUT2D eigenvalue weighted by molar-refractivity contribution is 5.78. The lowest BCUT2D eigenvalue weighted by Crippen LogP contribution is -2.10. The van der Waals surface area contributed by atoms with Gasteiger partial charge in [0.1, 0.15) is 5.82 Å². The van der Waals surface area contributed by atoms with Crippen molar-refractivity contribution in [3.8, 4) is 22.8 Å². The summed E-state index contributed by atoms with van der Waals surface area (Å²) in [7, 11) is 0. The summed E-state index contributed by atoms with van der Waals surface area (Å²) in [5.74, 6) is 0.793. The van der Waals surface area contributed by atoms with Crippen LogP contribution in [0.5, 0.6) is 0 Å². The summed E-state index contributed by atoms with van der Waals surface area (Å²) in [4.78, 5) is 12.1. The quantitative estimate of drug-likeness (QED) is 0.575. The smallest absolute Gasteiger partial charge is 0.202 e. The molecule has 0 aliphatic heterocycles. The molecule has 126 valence electrons. The van der Waals surface area contributed by atoms with Crippen molar-refractivity contribution >= 4 is 11.2 Å². The molecule has 0 radical (unpaired) electrons. The fourth-order valence-corrected chi connectivity index (χ4v) is 2.57. The van der Waals surface area contributed by atoms with Gasteiger partial charge in [0.25, 0.3) is 0 Å². The number of imidazole rings is 1. The zero-order valence-corrected chi connectivity index (χ0v) is 14.2. The largest absolute Gasteiger partial charge is 0.353 e. The van der Waals surface area contributed by atoms with Gasteiger partial charge in [-0.3, -0.25) is 0 Å². The van der Waals surface area contributed by atoms with Crippen molar-refractivity contribution in [1.29, 1.82) is 0 Å². The number of hydrogen-bond donors (Lipinski definition) is 1. The summed E-state index contributed by atoms with van der Waals surface area (Å²) >= 11 is 0. The fourth-order valence-electron chi connectivity index (χ4n) is 2.57. The molecule has 0 aliphatic rings. The first-order chi connectivity index (χ1) is 11.9. The Morgan fingerprint density at radius 2 is 1.84 bits per heavy atom. The Balaban J connectivity index is 1.76. The predicted molar refractivity (Wildman–Crippen MR) is 93.5 cm³/mol. The van der Waals surface area contributed by atoms with E-state index in [4.69, 9.17) is 4.52 Å². The molecule has 5 nitrogen and oxygen atoms in total. The molecule has 0 atom stereocenters. The zero-order chi connectivity index (χ0) is 17.6. The average molecular weight is 336 g/mol. The predicted octanol–water partition coefficient (Wildman–Crippen LogP) is 4.72. The average Bonchev–Trinajstić information content (AvgIpc) is 3.21. The first kappa shape index (κ1) is 15.5. The number of nitrogens with zero attached hydrogens (tertiary/aromatic N) is 3. The van der Waals surface area contributed by atoms with Crippen LogP contribution in [0.4, 0.5) is 4.39 Å². The van der Waals surface area contributed by atoms with Crippen molar-refractivity contribution in [3.05, 3.63) is 54.0 Å². The van der Waals surface area contributed by atoms with Gasteiger partial charge in [0.15, 0.2) is 11.5 Å². The van der Waals surface area contributed by atoms with Crippen LogP contribution in [0.3, 0.4) is 0 Å². The van der Waals surface area contributed by atoms with Crippen molar-refractivity contribution in [2.75, 3.05) is 0 Å². The van der Waals surface area contributed by atoms with Crippen LogP contribution in [0.2, 0.25) is 0 Å². The molecule has 0 aliphatic carbocycles. The Kier molecular flexibility index (Phi) is 3.42. The van der Waals surface area contributed by atoms with Gasteiger partial charge in [0.2, 0.25) is 5.76 Å². The van der Waals surface area contributed by atoms with Gasteiger partial charge in [-0.2, -0.15) is 0 Å². The fraction of sp³-hybridized carbons (Fsp3) is 0.211. The van der Waals surface area contributed by atoms with E-state index in [1.54, 1.807) is 24.3 Å². The topological polar surface area (TPSA) is 67.6 Å². The summed E-state index contributed by atoms with van der Waals surface area (Å²) in [5, 5.41) is 4.11. The first-order valence-corrected chi connectivity index (χ1v) is 8.01. The summed E-state index contributed by atoms with van der Waals surface area (Å²) < 4.78 is 19.4. The van der Waals surface area contributed by atoms with Gasteiger partial charge < -0.3 is 9.51 Å². The van der Waals surface area contributed by atoms with E-state index in [0.29, 0.717) is 28.5 Å². The summed E-state index contributed by atoms with van der Waals surface area (Å²) in [6.45, 7) is 6.19. The minimum absolute atomic E-state index is 0.107. The number of nitrogens with one attached hydrogen (secondary N) is 1. The molecule has 3 aromatic heterocycles. The van der Waals surface area contributed by atoms with Crippen LogP contribution in [0.25, 0.3) is 34.0 Å². The molecule has 4 aromatic rings. The first-order valence-electron chi connectivity index (χ1n) is 8.01. The maximum Gasteiger partial charge on any atom is 0.202 e. The second-order valence-corrected chi connectivity index (χ2v) is 6.96. The molecule has 0 bridgehead atoms. The number of benzene rings is 1. The number of aromatic nitrogens is 4. The Hall–Kier alpha value is -3.02. The molecule has 0 fully saturated rings. The summed E-state index contributed by atoms with van der Waals surface area (Å²) in [6.07, 6.45) is 0. The molecule has 3 heterocycles. The molecule has 1 aromatic carbocycles. The van der Waals surface area contributed by atoms with Gasteiger partial charge in [-0.1, -0.05) is 38.1 Å². The van der Waals surface area contributed by atoms with Crippen LogP contribution in [0.15, 0.2) is 47.0 Å². The molecule has 0 unspecified atom stereocenters. The zero-order valence-electron chi connectivity index (χ0n) is 14.2. The second-order valence-electron chi connectivity index (χ2n) is 6.96. The van der Waals surface area contributed by atoms with E-state index < -0.39 is 0 Å². The third-order valence-corrected chi connectivity index (χ3v) is 4.01. The number of pyridine rings is 1. The van der Waals surface area contributed by atoms with E-state index in [-0.39, 0.29) is 11.2 Å². The van der Waals surface area contributed by atoms with E-state index in [1.165, 1.54) is 6.07 Å². The molecular formula is C19H17FN4O. The number of halogens is 1. The number of rotatable bonds is 2. The molecule has 1 N–H and O–H groups in total. The lowest BCUT2D eigenvalue weighted by Gasteiger charge is -2.12. The highest BCUT2D eigenvalue weighted by Crippen LogP contribution is 2.28. The van der Waals surface area contributed by atoms with Crippen LogP contribution < -0.4 is 0 Å². The van der Waals surface area contributed by atoms with E-state index in [2.05, 4.69) is 40.9 Å². The molecule has 0 saturated carbocycles. The van der Waals surface area contributed by atoms with E-state index in [0.717, 1.165) is 11.2 Å². The van der Waals surface area contributed by atoms with Crippen LogP contribution in [0, 0.1) is 5.82 Å². The van der Waals surface area contributed by atoms with Gasteiger partial charge in [0, 0.05) is 17.0 Å². The minimum Gasteiger partial charge on any atom is -0.353 e. The molecule has 6 heteroatoms. The van der Waals surface area contributed by atoms with E-state index in [1.807, 2.05) is 12.1 Å².